The van der Waals surface area contributed by atoms with Gasteiger partial charge in [-0.3, -0.25) is 4.79 Å². The van der Waals surface area contributed by atoms with E-state index < -0.39 is 0 Å². The van der Waals surface area contributed by atoms with E-state index in [4.69, 9.17) is 0 Å². The largest absolute Gasteiger partial charge is 0.347 e. The lowest BCUT2D eigenvalue weighted by molar-refractivity contribution is 0.0945. The predicted octanol–water partition coefficient (Wildman–Crippen LogP) is 0.987. The van der Waals surface area contributed by atoms with Crippen LogP contribution in [-0.4, -0.2) is 30.9 Å². The van der Waals surface area contributed by atoms with Crippen LogP contribution < -0.4 is 5.32 Å². The van der Waals surface area contributed by atoms with Gasteiger partial charge in [-0.15, -0.1) is 10.2 Å². The number of aromatic nitrogens is 5. The molecule has 0 unspecified atom stereocenters. The second kappa shape index (κ2) is 5.91. The van der Waals surface area contributed by atoms with Crippen LogP contribution in [0.5, 0.6) is 0 Å². The standard InChI is InChI=1S/C14H12N6O/c21-14(16-8-11-4-2-1-3-5-11)12-6-7-13(19-18-12)20-10-15-9-17-20/h1-7,9-10H,8H2,(H,16,21). The van der Waals surface area contributed by atoms with Crippen LogP contribution in [0.4, 0.5) is 0 Å². The monoisotopic (exact) mass is 280 g/mol. The van der Waals surface area contributed by atoms with Crippen LogP contribution in [0.1, 0.15) is 16.1 Å². The number of hydrogen-bond donors (Lipinski definition) is 1. The summed E-state index contributed by atoms with van der Waals surface area (Å²) in [5.41, 5.74) is 1.29. The molecule has 3 aromatic rings. The molecule has 0 saturated heterocycles. The molecule has 2 heterocycles. The van der Waals surface area contributed by atoms with E-state index in [0.717, 1.165) is 5.56 Å². The molecule has 0 spiro atoms. The zero-order valence-electron chi connectivity index (χ0n) is 11.0. The summed E-state index contributed by atoms with van der Waals surface area (Å²) >= 11 is 0. The molecule has 7 heteroatoms. The van der Waals surface area contributed by atoms with Gasteiger partial charge in [0.2, 0.25) is 0 Å². The Kier molecular flexibility index (Phi) is 3.64. The number of nitrogens with zero attached hydrogens (tertiary/aromatic N) is 5. The van der Waals surface area contributed by atoms with Gasteiger partial charge in [0.1, 0.15) is 12.7 Å². The van der Waals surface area contributed by atoms with Crippen LogP contribution in [-0.2, 0) is 6.54 Å². The van der Waals surface area contributed by atoms with Crippen LogP contribution in [0.15, 0.2) is 55.1 Å². The van der Waals surface area contributed by atoms with Crippen molar-refractivity contribution >= 4 is 5.91 Å². The first-order chi connectivity index (χ1) is 10.3. The second-order valence-electron chi connectivity index (χ2n) is 4.29. The Bertz CT molecular complexity index is 709. The molecular weight excluding hydrogens is 268 g/mol. The van der Waals surface area contributed by atoms with Gasteiger partial charge in [0.25, 0.3) is 5.91 Å². The highest BCUT2D eigenvalue weighted by Crippen LogP contribution is 2.02. The highest BCUT2D eigenvalue weighted by atomic mass is 16.1. The number of amides is 1. The molecule has 3 rings (SSSR count). The average Bonchev–Trinajstić information content (AvgIpc) is 3.08. The molecule has 0 aliphatic carbocycles. The molecule has 1 amide bonds. The molecule has 21 heavy (non-hydrogen) atoms. The molecule has 0 atom stereocenters. The van der Waals surface area contributed by atoms with Crippen molar-refractivity contribution in [2.45, 2.75) is 6.54 Å². The highest BCUT2D eigenvalue weighted by Gasteiger charge is 2.08. The maximum absolute atomic E-state index is 12.0. The van der Waals surface area contributed by atoms with E-state index >= 15 is 0 Å². The van der Waals surface area contributed by atoms with Crippen LogP contribution in [0.3, 0.4) is 0 Å². The number of benzene rings is 1. The second-order valence-corrected chi connectivity index (χ2v) is 4.29. The van der Waals surface area contributed by atoms with Crippen LogP contribution >= 0.6 is 0 Å². The third-order valence-corrected chi connectivity index (χ3v) is 2.83. The van der Waals surface area contributed by atoms with Gasteiger partial charge in [-0.05, 0) is 17.7 Å². The lowest BCUT2D eigenvalue weighted by Gasteiger charge is -2.05. The minimum absolute atomic E-state index is 0.259. The van der Waals surface area contributed by atoms with Gasteiger partial charge < -0.3 is 5.32 Å². The van der Waals surface area contributed by atoms with E-state index in [1.54, 1.807) is 12.1 Å². The van der Waals surface area contributed by atoms with Crippen molar-refractivity contribution in [2.24, 2.45) is 0 Å². The number of carbonyl (C=O) groups excluding carboxylic acids is 1. The lowest BCUT2D eigenvalue weighted by atomic mass is 10.2. The summed E-state index contributed by atoms with van der Waals surface area (Å²) in [6, 6.07) is 12.9. The van der Waals surface area contributed by atoms with Gasteiger partial charge in [-0.2, -0.15) is 5.10 Å². The van der Waals surface area contributed by atoms with Gasteiger partial charge in [-0.1, -0.05) is 30.3 Å². The maximum Gasteiger partial charge on any atom is 0.272 e. The molecule has 0 aliphatic rings. The highest BCUT2D eigenvalue weighted by molar-refractivity contribution is 5.92. The molecule has 0 radical (unpaired) electrons. The molecule has 2 aromatic heterocycles. The number of nitrogens with one attached hydrogen (secondary N) is 1. The smallest absolute Gasteiger partial charge is 0.272 e. The first kappa shape index (κ1) is 12.9. The summed E-state index contributed by atoms with van der Waals surface area (Å²) in [5.74, 6) is 0.239. The molecule has 1 aromatic carbocycles. The Morgan fingerprint density at radius 2 is 1.95 bits per heavy atom. The van der Waals surface area contributed by atoms with Crippen molar-refractivity contribution in [3.8, 4) is 5.82 Å². The van der Waals surface area contributed by atoms with Gasteiger partial charge >= 0.3 is 0 Å². The van der Waals surface area contributed by atoms with E-state index in [1.807, 2.05) is 30.3 Å². The quantitative estimate of drug-likeness (QED) is 0.770. The van der Waals surface area contributed by atoms with E-state index in [9.17, 15) is 4.79 Å². The third kappa shape index (κ3) is 3.08. The van der Waals surface area contributed by atoms with Gasteiger partial charge in [0, 0.05) is 6.54 Å². The molecule has 0 bridgehead atoms. The normalized spacial score (nSPS) is 10.3. The van der Waals surface area contributed by atoms with E-state index in [2.05, 4.69) is 25.6 Å². The Labute approximate surface area is 120 Å². The number of carbonyl (C=O) groups is 1. The molecule has 0 aliphatic heterocycles. The van der Waals surface area contributed by atoms with E-state index in [-0.39, 0.29) is 11.6 Å². The van der Waals surface area contributed by atoms with Crippen molar-refractivity contribution in [1.29, 1.82) is 0 Å². The predicted molar refractivity (Wildman–Crippen MR) is 74.6 cm³/mol. The fourth-order valence-electron chi connectivity index (χ4n) is 1.76. The van der Waals surface area contributed by atoms with Gasteiger partial charge in [0.05, 0.1) is 0 Å². The summed E-state index contributed by atoms with van der Waals surface area (Å²) in [6.45, 7) is 0.451. The summed E-state index contributed by atoms with van der Waals surface area (Å²) in [5, 5.41) is 14.6. The Balaban J connectivity index is 1.65. The van der Waals surface area contributed by atoms with E-state index in [1.165, 1.54) is 17.3 Å². The van der Waals surface area contributed by atoms with Crippen molar-refractivity contribution in [3.63, 3.8) is 0 Å². The minimum atomic E-state index is -0.267. The Hall–Kier alpha value is -3.09. The minimum Gasteiger partial charge on any atom is -0.347 e. The summed E-state index contributed by atoms with van der Waals surface area (Å²) in [7, 11) is 0. The molecular formula is C14H12N6O. The van der Waals surface area contributed by atoms with Crippen molar-refractivity contribution in [2.75, 3.05) is 0 Å². The Morgan fingerprint density at radius 1 is 1.10 bits per heavy atom. The first-order valence-electron chi connectivity index (χ1n) is 6.34. The molecule has 0 fully saturated rings. The molecule has 0 saturated carbocycles. The zero-order valence-corrected chi connectivity index (χ0v) is 11.0. The van der Waals surface area contributed by atoms with E-state index in [0.29, 0.717) is 12.4 Å². The van der Waals surface area contributed by atoms with Crippen molar-refractivity contribution < 1.29 is 4.79 Å². The molecule has 7 nitrogen and oxygen atoms in total. The topological polar surface area (TPSA) is 85.6 Å². The summed E-state index contributed by atoms with van der Waals surface area (Å²) in [6.07, 6.45) is 2.92. The third-order valence-electron chi connectivity index (χ3n) is 2.83. The number of rotatable bonds is 4. The average molecular weight is 280 g/mol. The van der Waals surface area contributed by atoms with Crippen LogP contribution in [0.25, 0.3) is 5.82 Å². The molecule has 104 valence electrons. The SMILES string of the molecule is O=C(NCc1ccccc1)c1ccc(-n2cncn2)nn1. The zero-order chi connectivity index (χ0) is 14.5. The summed E-state index contributed by atoms with van der Waals surface area (Å²) in [4.78, 5) is 15.8. The summed E-state index contributed by atoms with van der Waals surface area (Å²) < 4.78 is 1.47. The fraction of sp³-hybridized carbons (Fsp3) is 0.0714. The van der Waals surface area contributed by atoms with Crippen molar-refractivity contribution in [3.05, 3.63) is 66.4 Å². The van der Waals surface area contributed by atoms with Gasteiger partial charge in [0.15, 0.2) is 11.5 Å². The Morgan fingerprint density at radius 3 is 2.62 bits per heavy atom. The van der Waals surface area contributed by atoms with Gasteiger partial charge in [-0.25, -0.2) is 9.67 Å². The first-order valence-corrected chi connectivity index (χ1v) is 6.34. The lowest BCUT2D eigenvalue weighted by Crippen LogP contribution is -2.24. The number of hydrogen-bond acceptors (Lipinski definition) is 5. The maximum atomic E-state index is 12.0. The van der Waals surface area contributed by atoms with Crippen molar-refractivity contribution in [1.82, 2.24) is 30.3 Å². The molecule has 1 N–H and O–H groups in total. The fourth-order valence-corrected chi connectivity index (χ4v) is 1.76. The van der Waals surface area contributed by atoms with Crippen LogP contribution in [0.2, 0.25) is 0 Å². The van der Waals surface area contributed by atoms with Crippen LogP contribution in [0, 0.1) is 0 Å².